The van der Waals surface area contributed by atoms with E-state index in [1.807, 2.05) is 17.9 Å². The summed E-state index contributed by atoms with van der Waals surface area (Å²) in [5.74, 6) is 2.02. The van der Waals surface area contributed by atoms with Gasteiger partial charge in [-0.1, -0.05) is 24.3 Å². The number of carbonyl (C=O) groups is 1. The topological polar surface area (TPSA) is 52.6 Å². The quantitative estimate of drug-likeness (QED) is 0.828. The van der Waals surface area contributed by atoms with E-state index >= 15 is 0 Å². The van der Waals surface area contributed by atoms with Gasteiger partial charge in [-0.3, -0.25) is 9.69 Å². The second kappa shape index (κ2) is 8.05. The zero-order valence-electron chi connectivity index (χ0n) is 16.0. The number of nitrogens with zero attached hydrogens (tertiary/aromatic N) is 5. The van der Waals surface area contributed by atoms with Crippen LogP contribution in [0, 0.1) is 6.92 Å². The number of amides is 1. The second-order valence-electron chi connectivity index (χ2n) is 7.37. The summed E-state index contributed by atoms with van der Waals surface area (Å²) in [6, 6.07) is 10.6. The molecule has 2 aromatic rings. The highest BCUT2D eigenvalue weighted by molar-refractivity contribution is 5.76. The monoisotopic (exact) mass is 365 g/mol. The first-order valence-electron chi connectivity index (χ1n) is 9.80. The van der Waals surface area contributed by atoms with Gasteiger partial charge in [0.15, 0.2) is 0 Å². The molecule has 2 aliphatic heterocycles. The minimum Gasteiger partial charge on any atom is -0.353 e. The molecule has 0 bridgehead atoms. The van der Waals surface area contributed by atoms with Crippen molar-refractivity contribution in [2.45, 2.75) is 26.3 Å². The van der Waals surface area contributed by atoms with Gasteiger partial charge in [0.05, 0.1) is 0 Å². The van der Waals surface area contributed by atoms with E-state index in [0.29, 0.717) is 6.42 Å². The molecule has 0 unspecified atom stereocenters. The Hall–Kier alpha value is -2.47. The summed E-state index contributed by atoms with van der Waals surface area (Å²) in [4.78, 5) is 27.9. The zero-order chi connectivity index (χ0) is 18.6. The molecule has 0 spiro atoms. The number of hydrogen-bond acceptors (Lipinski definition) is 5. The largest absolute Gasteiger partial charge is 0.353 e. The Morgan fingerprint density at radius 1 is 1.04 bits per heavy atom. The van der Waals surface area contributed by atoms with Crippen LogP contribution in [0.5, 0.6) is 0 Å². The van der Waals surface area contributed by atoms with Crippen LogP contribution in [0.3, 0.4) is 0 Å². The minimum atomic E-state index is 0.271. The van der Waals surface area contributed by atoms with E-state index < -0.39 is 0 Å². The lowest BCUT2D eigenvalue weighted by atomic mass is 10.00. The highest BCUT2D eigenvalue weighted by Gasteiger charge is 2.23. The van der Waals surface area contributed by atoms with Crippen LogP contribution in [0.15, 0.2) is 36.5 Å². The third-order valence-electron chi connectivity index (χ3n) is 5.57. The number of anilines is 1. The third kappa shape index (κ3) is 4.27. The highest BCUT2D eigenvalue weighted by atomic mass is 16.2. The van der Waals surface area contributed by atoms with E-state index in [1.165, 1.54) is 11.1 Å². The molecule has 0 saturated carbocycles. The van der Waals surface area contributed by atoms with Gasteiger partial charge in [0.2, 0.25) is 5.91 Å². The molecule has 6 heteroatoms. The van der Waals surface area contributed by atoms with E-state index in [1.54, 1.807) is 6.20 Å². The van der Waals surface area contributed by atoms with Crippen LogP contribution in [-0.4, -0.2) is 64.9 Å². The normalized spacial score (nSPS) is 17.7. The summed E-state index contributed by atoms with van der Waals surface area (Å²) in [5.41, 5.74) is 2.86. The van der Waals surface area contributed by atoms with E-state index in [0.717, 1.165) is 63.9 Å². The maximum Gasteiger partial charge on any atom is 0.223 e. The average molecular weight is 365 g/mol. The fourth-order valence-electron chi connectivity index (χ4n) is 3.96. The molecule has 3 heterocycles. The Labute approximate surface area is 160 Å². The summed E-state index contributed by atoms with van der Waals surface area (Å²) in [6.45, 7) is 7.96. The van der Waals surface area contributed by atoms with E-state index in [-0.39, 0.29) is 5.91 Å². The van der Waals surface area contributed by atoms with Gasteiger partial charge >= 0.3 is 0 Å². The maximum atomic E-state index is 12.6. The molecule has 1 saturated heterocycles. The minimum absolute atomic E-state index is 0.271. The van der Waals surface area contributed by atoms with Gasteiger partial charge in [0.1, 0.15) is 11.6 Å². The first-order chi connectivity index (χ1) is 13.2. The van der Waals surface area contributed by atoms with E-state index in [9.17, 15) is 4.79 Å². The number of piperazine rings is 1. The van der Waals surface area contributed by atoms with Crippen molar-refractivity contribution in [2.75, 3.05) is 44.2 Å². The first-order valence-corrected chi connectivity index (χ1v) is 9.80. The number of aryl methyl sites for hydroxylation is 1. The first kappa shape index (κ1) is 17.9. The van der Waals surface area contributed by atoms with Crippen LogP contribution in [0.25, 0.3) is 0 Å². The van der Waals surface area contributed by atoms with Gasteiger partial charge in [0.25, 0.3) is 0 Å². The smallest absolute Gasteiger partial charge is 0.223 e. The summed E-state index contributed by atoms with van der Waals surface area (Å²) in [6.07, 6.45) is 3.49. The molecule has 1 amide bonds. The number of benzene rings is 1. The van der Waals surface area contributed by atoms with Crippen molar-refractivity contribution in [1.82, 2.24) is 19.8 Å². The fourth-order valence-corrected chi connectivity index (χ4v) is 3.96. The van der Waals surface area contributed by atoms with Crippen molar-refractivity contribution < 1.29 is 4.79 Å². The van der Waals surface area contributed by atoms with Gasteiger partial charge in [-0.15, -0.1) is 0 Å². The number of aromatic nitrogens is 2. The van der Waals surface area contributed by atoms with Gasteiger partial charge < -0.3 is 9.80 Å². The molecule has 1 aromatic heterocycles. The van der Waals surface area contributed by atoms with E-state index in [4.69, 9.17) is 0 Å². The molecular formula is C21H27N5O. The van der Waals surface area contributed by atoms with Crippen molar-refractivity contribution in [3.05, 3.63) is 53.5 Å². The van der Waals surface area contributed by atoms with Crippen LogP contribution < -0.4 is 4.90 Å². The second-order valence-corrected chi connectivity index (χ2v) is 7.37. The molecule has 0 radical (unpaired) electrons. The predicted molar refractivity (Wildman–Crippen MR) is 106 cm³/mol. The van der Waals surface area contributed by atoms with Crippen LogP contribution in [0.4, 0.5) is 5.82 Å². The lowest BCUT2D eigenvalue weighted by Gasteiger charge is -2.36. The summed E-state index contributed by atoms with van der Waals surface area (Å²) in [5, 5.41) is 0. The SMILES string of the molecule is Cc1nccc(N2CCN(C(=O)CCN3CCc4ccccc4C3)CC2)n1. The molecule has 4 rings (SSSR count). The molecule has 142 valence electrons. The average Bonchev–Trinajstić information content (AvgIpc) is 2.72. The molecular weight excluding hydrogens is 338 g/mol. The van der Waals surface area contributed by atoms with Gasteiger partial charge in [-0.25, -0.2) is 9.97 Å². The predicted octanol–water partition coefficient (Wildman–Crippen LogP) is 1.88. The zero-order valence-corrected chi connectivity index (χ0v) is 16.0. The number of fused-ring (bicyclic) bond motifs is 1. The summed E-state index contributed by atoms with van der Waals surface area (Å²) < 4.78 is 0. The molecule has 2 aliphatic rings. The lowest BCUT2D eigenvalue weighted by molar-refractivity contribution is -0.131. The Bertz CT molecular complexity index is 801. The van der Waals surface area contributed by atoms with Gasteiger partial charge in [-0.05, 0) is 30.5 Å². The highest BCUT2D eigenvalue weighted by Crippen LogP contribution is 2.19. The standard InChI is InChI=1S/C21H27N5O/c1-17-22-9-6-20(23-17)25-12-14-26(15-13-25)21(27)8-11-24-10-7-18-4-2-3-5-19(18)16-24/h2-6,9H,7-8,10-16H2,1H3. The van der Waals surface area contributed by atoms with Crippen molar-refractivity contribution in [1.29, 1.82) is 0 Å². The van der Waals surface area contributed by atoms with Crippen molar-refractivity contribution in [3.63, 3.8) is 0 Å². The van der Waals surface area contributed by atoms with Crippen molar-refractivity contribution in [2.24, 2.45) is 0 Å². The van der Waals surface area contributed by atoms with E-state index in [2.05, 4.69) is 44.0 Å². The number of rotatable bonds is 4. The summed E-state index contributed by atoms with van der Waals surface area (Å²) in [7, 11) is 0. The number of carbonyl (C=O) groups excluding carboxylic acids is 1. The Morgan fingerprint density at radius 3 is 2.59 bits per heavy atom. The van der Waals surface area contributed by atoms with Crippen LogP contribution >= 0.6 is 0 Å². The molecule has 6 nitrogen and oxygen atoms in total. The van der Waals surface area contributed by atoms with Crippen molar-refractivity contribution in [3.8, 4) is 0 Å². The van der Waals surface area contributed by atoms with Gasteiger partial charge in [-0.2, -0.15) is 0 Å². The molecule has 27 heavy (non-hydrogen) atoms. The molecule has 0 aliphatic carbocycles. The third-order valence-corrected chi connectivity index (χ3v) is 5.57. The maximum absolute atomic E-state index is 12.6. The molecule has 1 aromatic carbocycles. The fraction of sp³-hybridized carbons (Fsp3) is 0.476. The van der Waals surface area contributed by atoms with Crippen LogP contribution in [0.1, 0.15) is 23.4 Å². The Morgan fingerprint density at radius 2 is 1.81 bits per heavy atom. The molecule has 1 fully saturated rings. The lowest BCUT2D eigenvalue weighted by Crippen LogP contribution is -2.49. The van der Waals surface area contributed by atoms with Crippen molar-refractivity contribution >= 4 is 11.7 Å². The van der Waals surface area contributed by atoms with Gasteiger partial charge in [0, 0.05) is 58.4 Å². The summed E-state index contributed by atoms with van der Waals surface area (Å²) >= 11 is 0. The molecule has 0 N–H and O–H groups in total. The van der Waals surface area contributed by atoms with Crippen LogP contribution in [-0.2, 0) is 17.8 Å². The number of hydrogen-bond donors (Lipinski definition) is 0. The molecule has 0 atom stereocenters. The van der Waals surface area contributed by atoms with Crippen LogP contribution in [0.2, 0.25) is 0 Å². The Balaban J connectivity index is 1.24. The Kier molecular flexibility index (Phi) is 5.34.